The van der Waals surface area contributed by atoms with Crippen molar-refractivity contribution < 1.29 is 0 Å². The van der Waals surface area contributed by atoms with Crippen LogP contribution in [0.1, 0.15) is 38.8 Å². The summed E-state index contributed by atoms with van der Waals surface area (Å²) in [4.78, 5) is 0. The molecule has 4 nitrogen and oxygen atoms in total. The molecule has 0 bridgehead atoms. The van der Waals surface area contributed by atoms with Crippen molar-refractivity contribution in [2.45, 2.75) is 39.5 Å². The lowest BCUT2D eigenvalue weighted by Crippen LogP contribution is -2.36. The topological polar surface area (TPSA) is 42.7 Å². The molecule has 1 aromatic rings. The third-order valence-corrected chi connectivity index (χ3v) is 4.26. The molecule has 2 rings (SSSR count). The van der Waals surface area contributed by atoms with Crippen LogP contribution in [-0.2, 0) is 13.5 Å². The minimum absolute atomic E-state index is 0.483. The first-order valence-electron chi connectivity index (χ1n) is 7.00. The molecule has 18 heavy (non-hydrogen) atoms. The number of hydrogen-bond acceptors (Lipinski definition) is 3. The standard InChI is InChI=1S/C14H26N4/c1-14(2)6-5-11(9-15-3)12(8-14)7-13-10-18(4)17-16-13/h10-12,15H,5-9H2,1-4H3. The zero-order valence-electron chi connectivity index (χ0n) is 12.1. The van der Waals surface area contributed by atoms with Gasteiger partial charge in [-0.3, -0.25) is 4.68 Å². The summed E-state index contributed by atoms with van der Waals surface area (Å²) in [5.74, 6) is 1.52. The highest BCUT2D eigenvalue weighted by Gasteiger charge is 2.34. The van der Waals surface area contributed by atoms with Crippen LogP contribution in [0.4, 0.5) is 0 Å². The lowest BCUT2D eigenvalue weighted by atomic mass is 9.66. The molecule has 0 spiro atoms. The molecule has 1 aliphatic carbocycles. The highest BCUT2D eigenvalue weighted by molar-refractivity contribution is 4.98. The lowest BCUT2D eigenvalue weighted by molar-refractivity contribution is 0.116. The molecule has 1 heterocycles. The van der Waals surface area contributed by atoms with Crippen molar-refractivity contribution in [2.24, 2.45) is 24.3 Å². The number of aromatic nitrogens is 3. The van der Waals surface area contributed by atoms with Gasteiger partial charge in [-0.2, -0.15) is 0 Å². The normalized spacial score (nSPS) is 27.3. The molecule has 0 aliphatic heterocycles. The van der Waals surface area contributed by atoms with Crippen molar-refractivity contribution in [3.05, 3.63) is 11.9 Å². The van der Waals surface area contributed by atoms with E-state index in [1.165, 1.54) is 19.3 Å². The van der Waals surface area contributed by atoms with E-state index in [0.29, 0.717) is 5.41 Å². The molecule has 1 saturated carbocycles. The van der Waals surface area contributed by atoms with Crippen molar-refractivity contribution in [1.82, 2.24) is 20.3 Å². The fourth-order valence-electron chi connectivity index (χ4n) is 3.32. The van der Waals surface area contributed by atoms with Crippen LogP contribution < -0.4 is 5.32 Å². The van der Waals surface area contributed by atoms with E-state index in [-0.39, 0.29) is 0 Å². The summed E-state index contributed by atoms with van der Waals surface area (Å²) in [7, 11) is 3.99. The Labute approximate surface area is 110 Å². The molecule has 0 amide bonds. The summed E-state index contributed by atoms with van der Waals surface area (Å²) < 4.78 is 1.80. The van der Waals surface area contributed by atoms with Gasteiger partial charge in [-0.1, -0.05) is 19.1 Å². The molecule has 2 atom stereocenters. The van der Waals surface area contributed by atoms with Crippen molar-refractivity contribution in [3.63, 3.8) is 0 Å². The Balaban J connectivity index is 2.05. The second-order valence-electron chi connectivity index (χ2n) is 6.57. The fraction of sp³-hybridized carbons (Fsp3) is 0.857. The van der Waals surface area contributed by atoms with Gasteiger partial charge in [-0.05, 0) is 56.5 Å². The van der Waals surface area contributed by atoms with Crippen LogP contribution in [0.5, 0.6) is 0 Å². The molecule has 1 N–H and O–H groups in total. The van der Waals surface area contributed by atoms with E-state index in [1.54, 1.807) is 4.68 Å². The van der Waals surface area contributed by atoms with Gasteiger partial charge in [0.25, 0.3) is 0 Å². The predicted molar refractivity (Wildman–Crippen MR) is 73.2 cm³/mol. The van der Waals surface area contributed by atoms with Crippen LogP contribution in [0.3, 0.4) is 0 Å². The summed E-state index contributed by atoms with van der Waals surface area (Å²) in [5, 5.41) is 11.6. The van der Waals surface area contributed by atoms with E-state index in [2.05, 4.69) is 42.7 Å². The lowest BCUT2D eigenvalue weighted by Gasteiger charge is -2.40. The van der Waals surface area contributed by atoms with Crippen LogP contribution >= 0.6 is 0 Å². The largest absolute Gasteiger partial charge is 0.319 e. The monoisotopic (exact) mass is 250 g/mol. The van der Waals surface area contributed by atoms with Gasteiger partial charge < -0.3 is 5.32 Å². The summed E-state index contributed by atoms with van der Waals surface area (Å²) in [5.41, 5.74) is 1.62. The van der Waals surface area contributed by atoms with Crippen LogP contribution in [-0.4, -0.2) is 28.6 Å². The number of rotatable bonds is 4. The molecule has 0 saturated heterocycles. The Bertz CT molecular complexity index is 383. The van der Waals surface area contributed by atoms with Gasteiger partial charge >= 0.3 is 0 Å². The second-order valence-corrected chi connectivity index (χ2v) is 6.57. The maximum absolute atomic E-state index is 4.24. The molecule has 0 aromatic carbocycles. The Hall–Kier alpha value is -0.900. The third-order valence-electron chi connectivity index (χ3n) is 4.26. The zero-order valence-corrected chi connectivity index (χ0v) is 12.1. The van der Waals surface area contributed by atoms with Crippen LogP contribution in [0.2, 0.25) is 0 Å². The van der Waals surface area contributed by atoms with E-state index >= 15 is 0 Å². The zero-order chi connectivity index (χ0) is 13.2. The molecule has 1 fully saturated rings. The first-order chi connectivity index (χ1) is 8.50. The average molecular weight is 250 g/mol. The van der Waals surface area contributed by atoms with Gasteiger partial charge in [-0.25, -0.2) is 0 Å². The van der Waals surface area contributed by atoms with E-state index < -0.39 is 0 Å². The summed E-state index contributed by atoms with van der Waals surface area (Å²) in [6.07, 6.45) is 7.10. The van der Waals surface area contributed by atoms with E-state index in [1.807, 2.05) is 7.05 Å². The number of aryl methyl sites for hydroxylation is 1. The molecule has 1 aliphatic rings. The quantitative estimate of drug-likeness (QED) is 0.889. The summed E-state index contributed by atoms with van der Waals surface area (Å²) in [6, 6.07) is 0. The molecule has 0 radical (unpaired) electrons. The third kappa shape index (κ3) is 3.31. The highest BCUT2D eigenvalue weighted by Crippen LogP contribution is 2.42. The Morgan fingerprint density at radius 1 is 1.44 bits per heavy atom. The van der Waals surface area contributed by atoms with Gasteiger partial charge in [-0.15, -0.1) is 5.10 Å². The maximum atomic E-state index is 4.24. The van der Waals surface area contributed by atoms with Crippen LogP contribution in [0.25, 0.3) is 0 Å². The molecule has 4 heteroatoms. The predicted octanol–water partition coefficient (Wildman–Crippen LogP) is 2.02. The van der Waals surface area contributed by atoms with E-state index in [9.17, 15) is 0 Å². The SMILES string of the molecule is CNCC1CCC(C)(C)CC1Cc1cn(C)nn1. The first-order valence-corrected chi connectivity index (χ1v) is 7.00. The highest BCUT2D eigenvalue weighted by atomic mass is 15.4. The van der Waals surface area contributed by atoms with E-state index in [4.69, 9.17) is 0 Å². The molecule has 2 unspecified atom stereocenters. The minimum Gasteiger partial charge on any atom is -0.319 e. The minimum atomic E-state index is 0.483. The van der Waals surface area contributed by atoms with Crippen molar-refractivity contribution >= 4 is 0 Å². The second kappa shape index (κ2) is 5.39. The van der Waals surface area contributed by atoms with E-state index in [0.717, 1.165) is 30.5 Å². The first kappa shape index (κ1) is 13.5. The smallest absolute Gasteiger partial charge is 0.0829 e. The Morgan fingerprint density at radius 3 is 2.83 bits per heavy atom. The van der Waals surface area contributed by atoms with Gasteiger partial charge in [0.05, 0.1) is 5.69 Å². The van der Waals surface area contributed by atoms with Gasteiger partial charge in [0.2, 0.25) is 0 Å². The number of hydrogen-bond donors (Lipinski definition) is 1. The number of nitrogens with zero attached hydrogens (tertiary/aromatic N) is 3. The Kier molecular flexibility index (Phi) is 4.05. The van der Waals surface area contributed by atoms with Crippen molar-refractivity contribution in [1.29, 1.82) is 0 Å². The molecular weight excluding hydrogens is 224 g/mol. The summed E-state index contributed by atoms with van der Waals surface area (Å²) >= 11 is 0. The van der Waals surface area contributed by atoms with Crippen LogP contribution in [0.15, 0.2) is 6.20 Å². The van der Waals surface area contributed by atoms with Crippen molar-refractivity contribution in [2.75, 3.05) is 13.6 Å². The number of nitrogens with one attached hydrogen (secondary N) is 1. The summed E-state index contributed by atoms with van der Waals surface area (Å²) in [6.45, 7) is 5.92. The van der Waals surface area contributed by atoms with Gasteiger partial charge in [0, 0.05) is 13.2 Å². The fourth-order valence-corrected chi connectivity index (χ4v) is 3.32. The van der Waals surface area contributed by atoms with Crippen LogP contribution in [0, 0.1) is 17.3 Å². The molecule has 1 aromatic heterocycles. The van der Waals surface area contributed by atoms with Gasteiger partial charge in [0.1, 0.15) is 0 Å². The molecular formula is C14H26N4. The van der Waals surface area contributed by atoms with Gasteiger partial charge in [0.15, 0.2) is 0 Å². The molecule has 102 valence electrons. The average Bonchev–Trinajstić information content (AvgIpc) is 2.68. The van der Waals surface area contributed by atoms with Crippen molar-refractivity contribution in [3.8, 4) is 0 Å². The maximum Gasteiger partial charge on any atom is 0.0829 e. The Morgan fingerprint density at radius 2 is 2.22 bits per heavy atom.